The van der Waals surface area contributed by atoms with E-state index in [1.165, 1.54) is 0 Å². The highest BCUT2D eigenvalue weighted by molar-refractivity contribution is 6.00. The summed E-state index contributed by atoms with van der Waals surface area (Å²) >= 11 is 0. The summed E-state index contributed by atoms with van der Waals surface area (Å²) in [5, 5.41) is 28.2. The van der Waals surface area contributed by atoms with Crippen molar-refractivity contribution < 1.29 is 15.0 Å². The summed E-state index contributed by atoms with van der Waals surface area (Å²) in [4.78, 5) is 14.3. The molecule has 0 aromatic heterocycles. The molecule has 5 heteroatoms. The number of hydrogen-bond acceptors (Lipinski definition) is 4. The van der Waals surface area contributed by atoms with E-state index < -0.39 is 12.2 Å². The summed E-state index contributed by atoms with van der Waals surface area (Å²) in [6.45, 7) is 0. The molecule has 0 spiro atoms. The van der Waals surface area contributed by atoms with Crippen LogP contribution in [-0.4, -0.2) is 28.3 Å². The van der Waals surface area contributed by atoms with E-state index in [0.29, 0.717) is 11.4 Å². The third-order valence-electron chi connectivity index (χ3n) is 3.56. The van der Waals surface area contributed by atoms with Crippen LogP contribution in [0.2, 0.25) is 0 Å². The highest BCUT2D eigenvalue weighted by Crippen LogP contribution is 2.26. The number of aliphatic hydroxyl groups excluding tert-OH is 2. The minimum absolute atomic E-state index is 0.00325. The molecule has 2 aromatic carbocycles. The van der Waals surface area contributed by atoms with E-state index in [1.807, 2.05) is 66.7 Å². The molecule has 0 unspecified atom stereocenters. The van der Waals surface area contributed by atoms with Gasteiger partial charge in [-0.05, 0) is 24.3 Å². The second kappa shape index (κ2) is 8.82. The van der Waals surface area contributed by atoms with Crippen LogP contribution >= 0.6 is 0 Å². The van der Waals surface area contributed by atoms with Crippen molar-refractivity contribution in [3.05, 3.63) is 60.7 Å². The summed E-state index contributed by atoms with van der Waals surface area (Å²) in [6.07, 6.45) is -2.13. The zero-order valence-electron chi connectivity index (χ0n) is 13.2. The van der Waals surface area contributed by atoms with Gasteiger partial charge in [0.25, 0.3) is 0 Å². The minimum Gasteiger partial charge on any atom is -0.392 e. The fourth-order valence-corrected chi connectivity index (χ4v) is 2.47. The summed E-state index contributed by atoms with van der Waals surface area (Å²) in [5.41, 5.74) is 1.41. The number of nitriles is 1. The van der Waals surface area contributed by atoms with E-state index in [1.54, 1.807) is 4.90 Å². The number of carbonyl (C=O) groups excluding carboxylic acids is 1. The maximum atomic E-state index is 12.7. The summed E-state index contributed by atoms with van der Waals surface area (Å²) in [6, 6.07) is 20.2. The Morgan fingerprint density at radius 1 is 0.958 bits per heavy atom. The Bertz CT molecular complexity index is 643. The zero-order chi connectivity index (χ0) is 17.4. The van der Waals surface area contributed by atoms with Gasteiger partial charge < -0.3 is 10.2 Å². The third-order valence-corrected chi connectivity index (χ3v) is 3.56. The first-order chi connectivity index (χ1) is 11.6. The van der Waals surface area contributed by atoms with Crippen molar-refractivity contribution >= 4 is 17.3 Å². The van der Waals surface area contributed by atoms with E-state index in [-0.39, 0.29) is 25.2 Å². The number of nitrogens with zero attached hydrogens (tertiary/aromatic N) is 2. The van der Waals surface area contributed by atoms with Crippen LogP contribution in [0.3, 0.4) is 0 Å². The van der Waals surface area contributed by atoms with Crippen LogP contribution in [0.4, 0.5) is 11.4 Å². The summed E-state index contributed by atoms with van der Waals surface area (Å²) in [5.74, 6) is -0.274. The lowest BCUT2D eigenvalue weighted by molar-refractivity contribution is -0.120. The van der Waals surface area contributed by atoms with Crippen molar-refractivity contribution in [3.8, 4) is 6.07 Å². The fourth-order valence-electron chi connectivity index (χ4n) is 2.47. The molecule has 0 aliphatic heterocycles. The molecule has 0 aliphatic carbocycles. The lowest BCUT2D eigenvalue weighted by Gasteiger charge is -2.24. The van der Waals surface area contributed by atoms with Gasteiger partial charge in [-0.3, -0.25) is 9.69 Å². The maximum Gasteiger partial charge on any atom is 0.234 e. The Labute approximate surface area is 141 Å². The van der Waals surface area contributed by atoms with Gasteiger partial charge >= 0.3 is 0 Å². The smallest absolute Gasteiger partial charge is 0.234 e. The number of para-hydroxylation sites is 2. The Morgan fingerprint density at radius 2 is 1.46 bits per heavy atom. The Morgan fingerprint density at radius 3 is 1.92 bits per heavy atom. The van der Waals surface area contributed by atoms with Gasteiger partial charge in [-0.15, -0.1) is 0 Å². The van der Waals surface area contributed by atoms with E-state index in [0.717, 1.165) is 0 Å². The van der Waals surface area contributed by atoms with E-state index in [4.69, 9.17) is 5.26 Å². The quantitative estimate of drug-likeness (QED) is 0.820. The number of rotatable bonds is 7. The molecule has 2 aromatic rings. The van der Waals surface area contributed by atoms with Gasteiger partial charge in [-0.2, -0.15) is 5.26 Å². The average molecular weight is 324 g/mol. The number of aliphatic hydroxyl groups is 2. The maximum absolute atomic E-state index is 12.7. The van der Waals surface area contributed by atoms with Gasteiger partial charge in [-0.25, -0.2) is 0 Å². The predicted octanol–water partition coefficient (Wildman–Crippen LogP) is 2.77. The van der Waals surface area contributed by atoms with E-state index in [2.05, 4.69) is 0 Å². The third kappa shape index (κ3) is 4.92. The van der Waals surface area contributed by atoms with Gasteiger partial charge in [0.2, 0.25) is 5.91 Å². The first kappa shape index (κ1) is 17.7. The molecule has 5 nitrogen and oxygen atoms in total. The van der Waals surface area contributed by atoms with Crippen LogP contribution in [0.5, 0.6) is 0 Å². The van der Waals surface area contributed by atoms with Crippen LogP contribution in [0.1, 0.15) is 19.3 Å². The molecule has 0 radical (unpaired) electrons. The number of amides is 1. The number of anilines is 2. The van der Waals surface area contributed by atoms with E-state index >= 15 is 0 Å². The largest absolute Gasteiger partial charge is 0.392 e. The molecule has 24 heavy (non-hydrogen) atoms. The summed E-state index contributed by atoms with van der Waals surface area (Å²) in [7, 11) is 0. The van der Waals surface area contributed by atoms with Gasteiger partial charge in [0, 0.05) is 17.8 Å². The lowest BCUT2D eigenvalue weighted by atomic mass is 10.1. The van der Waals surface area contributed by atoms with Gasteiger partial charge in [0.1, 0.15) is 0 Å². The molecule has 2 atom stereocenters. The second-order valence-electron chi connectivity index (χ2n) is 5.51. The molecule has 0 bridgehead atoms. The molecule has 0 heterocycles. The van der Waals surface area contributed by atoms with Crippen molar-refractivity contribution in [2.45, 2.75) is 31.5 Å². The average Bonchev–Trinajstić information content (AvgIpc) is 2.57. The minimum atomic E-state index is -1.00. The van der Waals surface area contributed by atoms with Crippen molar-refractivity contribution in [3.63, 3.8) is 0 Å². The van der Waals surface area contributed by atoms with Crippen LogP contribution in [0.25, 0.3) is 0 Å². The van der Waals surface area contributed by atoms with Crippen molar-refractivity contribution in [1.29, 1.82) is 5.26 Å². The lowest BCUT2D eigenvalue weighted by Crippen LogP contribution is -2.30. The fraction of sp³-hybridized carbons (Fsp3) is 0.263. The van der Waals surface area contributed by atoms with Crippen molar-refractivity contribution in [2.24, 2.45) is 0 Å². The Kier molecular flexibility index (Phi) is 6.50. The van der Waals surface area contributed by atoms with Gasteiger partial charge in [-0.1, -0.05) is 36.4 Å². The van der Waals surface area contributed by atoms with E-state index in [9.17, 15) is 15.0 Å². The molecule has 0 fully saturated rings. The van der Waals surface area contributed by atoms with Crippen LogP contribution < -0.4 is 4.90 Å². The molecule has 2 N–H and O–H groups in total. The first-order valence-electron chi connectivity index (χ1n) is 7.78. The number of benzene rings is 2. The molecule has 2 rings (SSSR count). The van der Waals surface area contributed by atoms with Gasteiger partial charge in [0.05, 0.1) is 31.1 Å². The van der Waals surface area contributed by atoms with Gasteiger partial charge in [0.15, 0.2) is 0 Å². The van der Waals surface area contributed by atoms with Crippen LogP contribution in [0.15, 0.2) is 60.7 Å². The molecule has 0 saturated carbocycles. The normalized spacial score (nSPS) is 12.9. The highest BCUT2D eigenvalue weighted by atomic mass is 16.3. The standard InChI is InChI=1S/C19H20N2O3/c20-12-11-17(22)13-18(23)14-19(24)21(15-7-3-1-4-8-15)16-9-5-2-6-10-16/h1-10,17-18,22-23H,11,13-14H2/t17-,18-/m1/s1. The van der Waals surface area contributed by atoms with Crippen LogP contribution in [-0.2, 0) is 4.79 Å². The zero-order valence-corrected chi connectivity index (χ0v) is 13.2. The molecule has 1 amide bonds. The van der Waals surface area contributed by atoms with Crippen molar-refractivity contribution in [1.82, 2.24) is 0 Å². The molecule has 0 aliphatic rings. The molecular formula is C19H20N2O3. The first-order valence-corrected chi connectivity index (χ1v) is 7.78. The monoisotopic (exact) mass is 324 g/mol. The number of hydrogen-bond donors (Lipinski definition) is 2. The Balaban J connectivity index is 2.16. The van der Waals surface area contributed by atoms with Crippen LogP contribution in [0, 0.1) is 11.3 Å². The molecule has 0 saturated heterocycles. The highest BCUT2D eigenvalue weighted by Gasteiger charge is 2.22. The summed E-state index contributed by atoms with van der Waals surface area (Å²) < 4.78 is 0. The molecule has 124 valence electrons. The second-order valence-corrected chi connectivity index (χ2v) is 5.51. The van der Waals surface area contributed by atoms with Crippen molar-refractivity contribution in [2.75, 3.05) is 4.90 Å². The SMILES string of the molecule is N#CC[C@@H](O)C[C@@H](O)CC(=O)N(c1ccccc1)c1ccccc1. The number of carbonyl (C=O) groups is 1. The Hall–Kier alpha value is -2.68. The molecular weight excluding hydrogens is 304 g/mol. The topological polar surface area (TPSA) is 84.6 Å². The predicted molar refractivity (Wildman–Crippen MR) is 91.5 cm³/mol.